The molecule has 1 saturated heterocycles. The average molecular weight is 507 g/mol. The van der Waals surface area contributed by atoms with Crippen LogP contribution in [0.25, 0.3) is 0 Å². The van der Waals surface area contributed by atoms with Gasteiger partial charge in [0.15, 0.2) is 0 Å². The SMILES string of the molecule is CCN(CC)C(=O)c1ccc(C(c2cccc(NC(=O)O)c2)N2CCN(Cc3cccs3)CC2)cc1. The van der Waals surface area contributed by atoms with Crippen LogP contribution >= 0.6 is 11.3 Å². The maximum Gasteiger partial charge on any atom is 0.409 e. The maximum atomic E-state index is 12.8. The van der Waals surface area contributed by atoms with E-state index in [0.29, 0.717) is 24.3 Å². The number of amides is 2. The minimum Gasteiger partial charge on any atom is -0.465 e. The topological polar surface area (TPSA) is 76.1 Å². The number of piperazine rings is 1. The third kappa shape index (κ3) is 6.32. The highest BCUT2D eigenvalue weighted by Gasteiger charge is 2.27. The van der Waals surface area contributed by atoms with Crippen LogP contribution in [0, 0.1) is 0 Å². The summed E-state index contributed by atoms with van der Waals surface area (Å²) in [7, 11) is 0. The molecule has 2 aromatic carbocycles. The number of hydrogen-bond donors (Lipinski definition) is 2. The Hall–Kier alpha value is -3.20. The molecule has 2 amide bonds. The number of nitrogens with zero attached hydrogens (tertiary/aromatic N) is 3. The Kier molecular flexibility index (Phi) is 8.74. The van der Waals surface area contributed by atoms with Crippen molar-refractivity contribution in [3.63, 3.8) is 0 Å². The minimum absolute atomic E-state index is 0.0398. The molecule has 7 nitrogen and oxygen atoms in total. The summed E-state index contributed by atoms with van der Waals surface area (Å²) in [6.07, 6.45) is -1.08. The van der Waals surface area contributed by atoms with Gasteiger partial charge in [0.05, 0.1) is 6.04 Å². The third-order valence-corrected chi connectivity index (χ3v) is 7.57. The molecule has 0 spiro atoms. The molecule has 0 saturated carbocycles. The second kappa shape index (κ2) is 12.2. The Bertz CT molecular complexity index is 1140. The van der Waals surface area contributed by atoms with Gasteiger partial charge in [0.1, 0.15) is 0 Å². The zero-order valence-corrected chi connectivity index (χ0v) is 21.7. The molecule has 0 radical (unpaired) electrons. The summed E-state index contributed by atoms with van der Waals surface area (Å²) in [6, 6.07) is 19.7. The first-order valence-electron chi connectivity index (χ1n) is 12.5. The molecule has 190 valence electrons. The highest BCUT2D eigenvalue weighted by Crippen LogP contribution is 2.32. The highest BCUT2D eigenvalue weighted by atomic mass is 32.1. The molecule has 3 aromatic rings. The zero-order chi connectivity index (χ0) is 25.5. The number of carboxylic acid groups (broad SMARTS) is 1. The molecule has 2 heterocycles. The highest BCUT2D eigenvalue weighted by molar-refractivity contribution is 7.09. The van der Waals surface area contributed by atoms with Crippen molar-refractivity contribution in [3.8, 4) is 0 Å². The Morgan fingerprint density at radius 2 is 1.69 bits per heavy atom. The monoisotopic (exact) mass is 506 g/mol. The zero-order valence-electron chi connectivity index (χ0n) is 20.9. The van der Waals surface area contributed by atoms with Crippen molar-refractivity contribution in [2.24, 2.45) is 0 Å². The summed E-state index contributed by atoms with van der Waals surface area (Å²) in [6.45, 7) is 10.0. The molecule has 0 aliphatic carbocycles. The van der Waals surface area contributed by atoms with Gasteiger partial charge < -0.3 is 10.0 Å². The van der Waals surface area contributed by atoms with E-state index in [1.165, 1.54) is 4.88 Å². The number of anilines is 1. The summed E-state index contributed by atoms with van der Waals surface area (Å²) in [5.41, 5.74) is 3.35. The Morgan fingerprint density at radius 1 is 0.972 bits per heavy atom. The van der Waals surface area contributed by atoms with Crippen LogP contribution in [-0.4, -0.2) is 71.1 Å². The van der Waals surface area contributed by atoms with E-state index in [0.717, 1.165) is 43.9 Å². The Labute approximate surface area is 217 Å². The third-order valence-electron chi connectivity index (χ3n) is 6.71. The van der Waals surface area contributed by atoms with Gasteiger partial charge in [-0.15, -0.1) is 11.3 Å². The molecule has 1 aliphatic rings. The van der Waals surface area contributed by atoms with E-state index >= 15 is 0 Å². The summed E-state index contributed by atoms with van der Waals surface area (Å²) < 4.78 is 0. The second-order valence-electron chi connectivity index (χ2n) is 8.95. The van der Waals surface area contributed by atoms with Crippen molar-refractivity contribution < 1.29 is 14.7 Å². The van der Waals surface area contributed by atoms with Crippen molar-refractivity contribution in [1.82, 2.24) is 14.7 Å². The smallest absolute Gasteiger partial charge is 0.409 e. The molecule has 8 heteroatoms. The van der Waals surface area contributed by atoms with Crippen molar-refractivity contribution >= 4 is 29.0 Å². The minimum atomic E-state index is -1.08. The van der Waals surface area contributed by atoms with Crippen molar-refractivity contribution in [1.29, 1.82) is 0 Å². The van der Waals surface area contributed by atoms with E-state index < -0.39 is 6.09 Å². The number of benzene rings is 2. The predicted octanol–water partition coefficient (Wildman–Crippen LogP) is 5.23. The second-order valence-corrected chi connectivity index (χ2v) is 9.98. The fourth-order valence-corrected chi connectivity index (χ4v) is 5.57. The van der Waals surface area contributed by atoms with E-state index in [2.05, 4.69) is 32.6 Å². The predicted molar refractivity (Wildman–Crippen MR) is 145 cm³/mol. The Morgan fingerprint density at radius 3 is 2.31 bits per heavy atom. The van der Waals surface area contributed by atoms with Gasteiger partial charge >= 0.3 is 6.09 Å². The number of rotatable bonds is 9. The van der Waals surface area contributed by atoms with Gasteiger partial charge in [-0.25, -0.2) is 4.79 Å². The van der Waals surface area contributed by atoms with Crippen LogP contribution in [0.5, 0.6) is 0 Å². The standard InChI is InChI=1S/C28H34N4O3S/c1-3-31(4-2)27(33)22-12-10-21(11-13-22)26(23-7-5-8-24(19-23)29-28(34)35)32-16-14-30(15-17-32)20-25-9-6-18-36-25/h5-13,18-19,26,29H,3-4,14-17,20H2,1-2H3,(H,34,35). The molecule has 0 bridgehead atoms. The lowest BCUT2D eigenvalue weighted by Crippen LogP contribution is -2.47. The van der Waals surface area contributed by atoms with E-state index in [1.807, 2.05) is 61.2 Å². The normalized spacial score (nSPS) is 15.4. The molecular weight excluding hydrogens is 472 g/mol. The first kappa shape index (κ1) is 25.9. The number of carbonyl (C=O) groups is 2. The number of carbonyl (C=O) groups excluding carboxylic acids is 1. The van der Waals surface area contributed by atoms with Gasteiger partial charge in [-0.2, -0.15) is 0 Å². The van der Waals surface area contributed by atoms with E-state index in [4.69, 9.17) is 0 Å². The average Bonchev–Trinajstić information content (AvgIpc) is 3.39. The molecule has 1 unspecified atom stereocenters. The molecule has 1 aliphatic heterocycles. The largest absolute Gasteiger partial charge is 0.465 e. The number of nitrogens with one attached hydrogen (secondary N) is 1. The molecule has 4 rings (SSSR count). The maximum absolute atomic E-state index is 12.8. The van der Waals surface area contributed by atoms with Crippen LogP contribution in [0.3, 0.4) is 0 Å². The van der Waals surface area contributed by atoms with Crippen LogP contribution < -0.4 is 5.32 Å². The summed E-state index contributed by atoms with van der Waals surface area (Å²) in [5.74, 6) is 0.0398. The fraction of sp³-hybridized carbons (Fsp3) is 0.357. The lowest BCUT2D eigenvalue weighted by atomic mass is 9.95. The van der Waals surface area contributed by atoms with Crippen LogP contribution in [0.2, 0.25) is 0 Å². The van der Waals surface area contributed by atoms with E-state index in [-0.39, 0.29) is 11.9 Å². The van der Waals surface area contributed by atoms with Crippen molar-refractivity contribution in [2.45, 2.75) is 26.4 Å². The lowest BCUT2D eigenvalue weighted by Gasteiger charge is -2.39. The molecule has 1 fully saturated rings. The number of thiophene rings is 1. The van der Waals surface area contributed by atoms with Gasteiger partial charge in [-0.05, 0) is 60.7 Å². The molecule has 1 aromatic heterocycles. The van der Waals surface area contributed by atoms with Gasteiger partial charge in [0.2, 0.25) is 0 Å². The Balaban J connectivity index is 1.58. The lowest BCUT2D eigenvalue weighted by molar-refractivity contribution is 0.0772. The van der Waals surface area contributed by atoms with Gasteiger partial charge in [-0.1, -0.05) is 30.3 Å². The molecule has 36 heavy (non-hydrogen) atoms. The van der Waals surface area contributed by atoms with E-state index in [9.17, 15) is 14.7 Å². The van der Waals surface area contributed by atoms with Gasteiger partial charge in [-0.3, -0.25) is 19.9 Å². The quantitative estimate of drug-likeness (QED) is 0.416. The van der Waals surface area contributed by atoms with Crippen LogP contribution in [-0.2, 0) is 6.54 Å². The van der Waals surface area contributed by atoms with Crippen molar-refractivity contribution in [2.75, 3.05) is 44.6 Å². The van der Waals surface area contributed by atoms with Crippen LogP contribution in [0.4, 0.5) is 10.5 Å². The fourth-order valence-electron chi connectivity index (χ4n) is 4.83. The van der Waals surface area contributed by atoms with Crippen LogP contribution in [0.15, 0.2) is 66.0 Å². The molecular formula is C28H34N4O3S. The number of hydrogen-bond acceptors (Lipinski definition) is 5. The van der Waals surface area contributed by atoms with Gasteiger partial charge in [0, 0.05) is 61.9 Å². The summed E-state index contributed by atoms with van der Waals surface area (Å²) >= 11 is 1.79. The molecule has 1 atom stereocenters. The van der Waals surface area contributed by atoms with Gasteiger partial charge in [0.25, 0.3) is 5.91 Å². The first-order valence-corrected chi connectivity index (χ1v) is 13.3. The summed E-state index contributed by atoms with van der Waals surface area (Å²) in [4.78, 5) is 32.2. The molecule has 2 N–H and O–H groups in total. The van der Waals surface area contributed by atoms with E-state index in [1.54, 1.807) is 17.4 Å². The first-order chi connectivity index (χ1) is 17.5. The van der Waals surface area contributed by atoms with Crippen LogP contribution in [0.1, 0.15) is 46.3 Å². The summed E-state index contributed by atoms with van der Waals surface area (Å²) in [5, 5.41) is 13.8. The van der Waals surface area contributed by atoms with Crippen molar-refractivity contribution in [3.05, 3.63) is 87.6 Å².